The number of nitro groups is 2. The zero-order chi connectivity index (χ0) is 23.7. The van der Waals surface area contributed by atoms with Crippen LogP contribution >= 0.6 is 45.2 Å². The Morgan fingerprint density at radius 2 is 1.45 bits per heavy atom. The predicted molar refractivity (Wildman–Crippen MR) is 128 cm³/mol. The highest BCUT2D eigenvalue weighted by molar-refractivity contribution is 14.1. The summed E-state index contributed by atoms with van der Waals surface area (Å²) in [5.41, 5.74) is 1.50. The molecule has 0 radical (unpaired) electrons. The Bertz CT molecular complexity index is 997. The van der Waals surface area contributed by atoms with E-state index < -0.39 is 15.8 Å². The second-order valence-corrected chi connectivity index (χ2v) is 8.32. The second kappa shape index (κ2) is 12.5. The third kappa shape index (κ3) is 8.01. The van der Waals surface area contributed by atoms with Crippen LogP contribution in [-0.4, -0.2) is 36.0 Å². The molecular weight excluding hydrogens is 638 g/mol. The van der Waals surface area contributed by atoms with E-state index in [2.05, 4.69) is 9.47 Å². The van der Waals surface area contributed by atoms with Crippen molar-refractivity contribution in [3.8, 4) is 0 Å². The van der Waals surface area contributed by atoms with Gasteiger partial charge in [-0.25, -0.2) is 0 Å². The fourth-order valence-corrected chi connectivity index (χ4v) is 3.96. The van der Waals surface area contributed by atoms with Crippen molar-refractivity contribution in [2.45, 2.75) is 19.3 Å². The van der Waals surface area contributed by atoms with Crippen molar-refractivity contribution in [3.05, 3.63) is 74.9 Å². The Kier molecular flexibility index (Phi) is 10.7. The van der Waals surface area contributed by atoms with Crippen LogP contribution in [0.2, 0.25) is 0 Å². The van der Waals surface area contributed by atoms with Crippen molar-refractivity contribution in [2.24, 2.45) is 0 Å². The molecule has 0 fully saturated rings. The third-order valence-electron chi connectivity index (χ3n) is 4.03. The summed E-state index contributed by atoms with van der Waals surface area (Å²) in [6.45, 7) is 1.70. The maximum atomic E-state index is 11.3. The van der Waals surface area contributed by atoms with E-state index in [4.69, 9.17) is 0 Å². The summed E-state index contributed by atoms with van der Waals surface area (Å²) in [7, 11) is 2.62. The van der Waals surface area contributed by atoms with Gasteiger partial charge in [0, 0.05) is 31.4 Å². The van der Waals surface area contributed by atoms with Crippen LogP contribution < -0.4 is 0 Å². The fourth-order valence-electron chi connectivity index (χ4n) is 2.31. The van der Waals surface area contributed by atoms with Crippen molar-refractivity contribution in [2.75, 3.05) is 14.2 Å². The number of non-ortho nitro benzene ring substituents is 2. The van der Waals surface area contributed by atoms with E-state index in [9.17, 15) is 29.8 Å². The number of benzene rings is 2. The number of carbonyl (C=O) groups is 2. The van der Waals surface area contributed by atoms with E-state index in [1.165, 1.54) is 38.5 Å². The first-order valence-electron chi connectivity index (χ1n) is 8.53. The number of nitrogens with zero attached hydrogens (tertiary/aromatic N) is 2. The highest BCUT2D eigenvalue weighted by Crippen LogP contribution is 2.26. The molecule has 0 amide bonds. The number of hydrogen-bond donors (Lipinski definition) is 0. The predicted octanol–water partition coefficient (Wildman–Crippen LogP) is 4.39. The number of rotatable bonds is 6. The summed E-state index contributed by atoms with van der Waals surface area (Å²) in [5, 5.41) is 21.0. The summed E-state index contributed by atoms with van der Waals surface area (Å²) in [4.78, 5) is 42.4. The first-order valence-corrected chi connectivity index (χ1v) is 10.7. The van der Waals surface area contributed by atoms with E-state index in [1.807, 2.05) is 45.2 Å². The number of halogens is 2. The van der Waals surface area contributed by atoms with Gasteiger partial charge >= 0.3 is 11.9 Å². The summed E-state index contributed by atoms with van der Waals surface area (Å²) < 4.78 is 10.5. The van der Waals surface area contributed by atoms with Crippen molar-refractivity contribution in [1.82, 2.24) is 0 Å². The Morgan fingerprint density at radius 3 is 1.87 bits per heavy atom. The van der Waals surface area contributed by atoms with Gasteiger partial charge in [-0.3, -0.25) is 29.8 Å². The van der Waals surface area contributed by atoms with Crippen LogP contribution in [0.3, 0.4) is 0 Å². The average Bonchev–Trinajstić information content (AvgIpc) is 2.74. The van der Waals surface area contributed by atoms with Crippen molar-refractivity contribution in [3.63, 3.8) is 0 Å². The van der Waals surface area contributed by atoms with Crippen LogP contribution in [0.1, 0.15) is 24.0 Å². The van der Waals surface area contributed by atoms with Gasteiger partial charge < -0.3 is 9.47 Å². The lowest BCUT2D eigenvalue weighted by atomic mass is 10.0. The highest BCUT2D eigenvalue weighted by Gasteiger charge is 2.20. The first-order chi connectivity index (χ1) is 14.5. The summed E-state index contributed by atoms with van der Waals surface area (Å²) in [5.74, 6) is -1.13. The first kappa shape index (κ1) is 26.7. The molecule has 0 N–H and O–H groups in total. The molecule has 1 atom stereocenters. The van der Waals surface area contributed by atoms with Crippen LogP contribution in [0, 0.1) is 27.4 Å². The minimum Gasteiger partial charge on any atom is -0.469 e. The number of esters is 2. The molecule has 0 aliphatic carbocycles. The molecule has 31 heavy (non-hydrogen) atoms. The van der Waals surface area contributed by atoms with E-state index in [-0.39, 0.29) is 29.7 Å². The molecule has 0 heterocycles. The zero-order valence-corrected chi connectivity index (χ0v) is 21.0. The Morgan fingerprint density at radius 1 is 0.935 bits per heavy atom. The van der Waals surface area contributed by atoms with E-state index in [1.54, 1.807) is 19.1 Å². The third-order valence-corrected chi connectivity index (χ3v) is 5.96. The van der Waals surface area contributed by atoms with Crippen molar-refractivity contribution < 1.29 is 28.9 Å². The van der Waals surface area contributed by atoms with Crippen LogP contribution in [0.15, 0.2) is 36.4 Å². The van der Waals surface area contributed by atoms with Crippen molar-refractivity contribution >= 4 is 68.5 Å². The molecule has 0 aliphatic rings. The van der Waals surface area contributed by atoms with Gasteiger partial charge in [0.25, 0.3) is 11.4 Å². The van der Waals surface area contributed by atoms with Crippen LogP contribution in [0.4, 0.5) is 11.4 Å². The number of methoxy groups -OCH3 is 2. The van der Waals surface area contributed by atoms with Gasteiger partial charge in [0.15, 0.2) is 0 Å². The molecule has 0 aliphatic heterocycles. The minimum absolute atomic E-state index is 0.0187. The summed E-state index contributed by atoms with van der Waals surface area (Å²) >= 11 is 3.93. The standard InChI is InChI=1S/C10H10INO4.C9H8INO4/c1-6(10(13)16-2)8-4-3-7(12(14)15)5-9(8)11;1-15-9(12)4-6-2-3-7(11(13)14)5-8(6)10/h3-6H,1-2H3;2-3,5H,4H2,1H3. The number of nitro benzene ring substituents is 2. The van der Waals surface area contributed by atoms with Gasteiger partial charge in [0.05, 0.1) is 36.4 Å². The average molecular weight is 656 g/mol. The lowest BCUT2D eigenvalue weighted by Gasteiger charge is -2.10. The molecule has 166 valence electrons. The molecule has 0 spiro atoms. The highest BCUT2D eigenvalue weighted by atomic mass is 127. The molecule has 0 saturated heterocycles. The van der Waals surface area contributed by atoms with E-state index in [0.717, 1.165) is 11.1 Å². The molecule has 2 rings (SSSR count). The number of hydrogen-bond acceptors (Lipinski definition) is 8. The zero-order valence-electron chi connectivity index (χ0n) is 16.7. The normalized spacial score (nSPS) is 10.9. The monoisotopic (exact) mass is 656 g/mol. The SMILES string of the molecule is COC(=O)C(C)c1ccc([N+](=O)[O-])cc1I.COC(=O)Cc1ccc([N+](=O)[O-])cc1I. The van der Waals surface area contributed by atoms with Gasteiger partial charge in [-0.05, 0) is 63.2 Å². The van der Waals surface area contributed by atoms with Crippen LogP contribution in [0.25, 0.3) is 0 Å². The molecule has 1 unspecified atom stereocenters. The Labute approximate surface area is 204 Å². The van der Waals surface area contributed by atoms with Crippen LogP contribution in [-0.2, 0) is 25.5 Å². The number of ether oxygens (including phenoxy) is 2. The van der Waals surface area contributed by atoms with E-state index >= 15 is 0 Å². The van der Waals surface area contributed by atoms with Crippen molar-refractivity contribution in [1.29, 1.82) is 0 Å². The Hall–Kier alpha value is -2.36. The smallest absolute Gasteiger partial charge is 0.312 e. The van der Waals surface area contributed by atoms with Gasteiger partial charge in [0.2, 0.25) is 0 Å². The van der Waals surface area contributed by atoms with Gasteiger partial charge in [-0.1, -0.05) is 12.1 Å². The largest absolute Gasteiger partial charge is 0.469 e. The summed E-state index contributed by atoms with van der Waals surface area (Å²) in [6.07, 6.45) is 0.132. The maximum Gasteiger partial charge on any atom is 0.312 e. The van der Waals surface area contributed by atoms with Gasteiger partial charge in [-0.2, -0.15) is 0 Å². The molecule has 12 heteroatoms. The molecule has 0 saturated carbocycles. The van der Waals surface area contributed by atoms with E-state index in [0.29, 0.717) is 7.14 Å². The molecule has 0 bridgehead atoms. The topological polar surface area (TPSA) is 139 Å². The molecular formula is C19H18I2N2O8. The summed E-state index contributed by atoms with van der Waals surface area (Å²) in [6, 6.07) is 8.78. The second-order valence-electron chi connectivity index (χ2n) is 5.99. The Balaban J connectivity index is 0.000000311. The lowest BCUT2D eigenvalue weighted by molar-refractivity contribution is -0.385. The quantitative estimate of drug-likeness (QED) is 0.193. The van der Waals surface area contributed by atoms with Crippen LogP contribution in [0.5, 0.6) is 0 Å². The van der Waals surface area contributed by atoms with Gasteiger partial charge in [-0.15, -0.1) is 0 Å². The van der Waals surface area contributed by atoms with Gasteiger partial charge in [0.1, 0.15) is 0 Å². The molecule has 10 nitrogen and oxygen atoms in total. The minimum atomic E-state index is -0.468. The molecule has 0 aromatic heterocycles. The maximum absolute atomic E-state index is 11.3. The fraction of sp³-hybridized carbons (Fsp3) is 0.263. The lowest BCUT2D eigenvalue weighted by Crippen LogP contribution is -2.12. The number of carbonyl (C=O) groups excluding carboxylic acids is 2. The molecule has 2 aromatic rings. The molecule has 2 aromatic carbocycles.